The summed E-state index contributed by atoms with van der Waals surface area (Å²) in [5, 5.41) is 8.90. The summed E-state index contributed by atoms with van der Waals surface area (Å²) < 4.78 is 0. The van der Waals surface area contributed by atoms with Gasteiger partial charge in [0.15, 0.2) is 0 Å². The summed E-state index contributed by atoms with van der Waals surface area (Å²) >= 11 is 0. The van der Waals surface area contributed by atoms with Crippen LogP contribution < -0.4 is 10.6 Å². The van der Waals surface area contributed by atoms with Crippen molar-refractivity contribution in [2.75, 3.05) is 23.7 Å². The number of hydrogen-bond acceptors (Lipinski definition) is 3. The summed E-state index contributed by atoms with van der Waals surface area (Å²) in [7, 11) is 0. The maximum Gasteiger partial charge on any atom is 0.0992 e. The molecule has 1 fully saturated rings. The highest BCUT2D eigenvalue weighted by Gasteiger charge is 2.12. The standard InChI is InChI=1S/C13H17N3/c14-10-11-5-6-12(15)13(9-11)16-7-3-1-2-4-8-16/h5-6,9H,1-4,7-8,15H2. The molecule has 0 aliphatic carbocycles. The maximum absolute atomic E-state index is 8.90. The van der Waals surface area contributed by atoms with Crippen LogP contribution in [0.4, 0.5) is 11.4 Å². The van der Waals surface area contributed by atoms with Gasteiger partial charge in [-0.1, -0.05) is 12.8 Å². The molecule has 1 aromatic rings. The van der Waals surface area contributed by atoms with Crippen molar-refractivity contribution >= 4 is 11.4 Å². The normalized spacial score (nSPS) is 16.6. The molecule has 16 heavy (non-hydrogen) atoms. The fraction of sp³-hybridized carbons (Fsp3) is 0.462. The van der Waals surface area contributed by atoms with Crippen molar-refractivity contribution in [3.8, 4) is 6.07 Å². The van der Waals surface area contributed by atoms with Crippen LogP contribution in [0.25, 0.3) is 0 Å². The number of benzene rings is 1. The second-order valence-electron chi connectivity index (χ2n) is 4.29. The summed E-state index contributed by atoms with van der Waals surface area (Å²) in [6.45, 7) is 2.11. The minimum atomic E-state index is 0.688. The van der Waals surface area contributed by atoms with Crippen LogP contribution in [0.5, 0.6) is 0 Å². The number of nitrogens with two attached hydrogens (primary N) is 1. The quantitative estimate of drug-likeness (QED) is 0.732. The third-order valence-corrected chi connectivity index (χ3v) is 3.11. The SMILES string of the molecule is N#Cc1ccc(N)c(N2CCCCCC2)c1. The van der Waals surface area contributed by atoms with Crippen LogP contribution in [0.1, 0.15) is 31.2 Å². The number of hydrogen-bond donors (Lipinski definition) is 1. The highest BCUT2D eigenvalue weighted by Crippen LogP contribution is 2.26. The Morgan fingerprint density at radius 2 is 1.81 bits per heavy atom. The lowest BCUT2D eigenvalue weighted by Gasteiger charge is -2.24. The Morgan fingerprint density at radius 1 is 1.12 bits per heavy atom. The van der Waals surface area contributed by atoms with Gasteiger partial charge in [-0.2, -0.15) is 5.26 Å². The van der Waals surface area contributed by atoms with Crippen LogP contribution in [0.2, 0.25) is 0 Å². The molecular formula is C13H17N3. The second-order valence-corrected chi connectivity index (χ2v) is 4.29. The predicted molar refractivity (Wildman–Crippen MR) is 66.3 cm³/mol. The van der Waals surface area contributed by atoms with Crippen molar-refractivity contribution in [2.45, 2.75) is 25.7 Å². The molecule has 0 unspecified atom stereocenters. The molecule has 1 aliphatic heterocycles. The molecule has 0 aromatic heterocycles. The van der Waals surface area contributed by atoms with Crippen molar-refractivity contribution in [1.82, 2.24) is 0 Å². The summed E-state index contributed by atoms with van der Waals surface area (Å²) in [5.41, 5.74) is 8.47. The van der Waals surface area contributed by atoms with E-state index in [-0.39, 0.29) is 0 Å². The lowest BCUT2D eigenvalue weighted by atomic mass is 10.1. The van der Waals surface area contributed by atoms with E-state index in [4.69, 9.17) is 11.0 Å². The molecule has 0 saturated carbocycles. The van der Waals surface area contributed by atoms with Gasteiger partial charge in [-0.15, -0.1) is 0 Å². The number of anilines is 2. The average molecular weight is 215 g/mol. The van der Waals surface area contributed by atoms with Gasteiger partial charge < -0.3 is 10.6 Å². The molecule has 1 heterocycles. The van der Waals surface area contributed by atoms with Crippen molar-refractivity contribution in [1.29, 1.82) is 5.26 Å². The fourth-order valence-electron chi connectivity index (χ4n) is 2.20. The predicted octanol–water partition coefficient (Wildman–Crippen LogP) is 2.52. The van der Waals surface area contributed by atoms with Gasteiger partial charge in [0.25, 0.3) is 0 Å². The first-order valence-electron chi connectivity index (χ1n) is 5.86. The molecule has 0 radical (unpaired) electrons. The summed E-state index contributed by atoms with van der Waals surface area (Å²) in [6, 6.07) is 7.68. The van der Waals surface area contributed by atoms with E-state index in [0.29, 0.717) is 5.56 Å². The van der Waals surface area contributed by atoms with Gasteiger partial charge in [-0.3, -0.25) is 0 Å². The Morgan fingerprint density at radius 3 is 2.44 bits per heavy atom. The first-order valence-corrected chi connectivity index (χ1v) is 5.86. The third-order valence-electron chi connectivity index (χ3n) is 3.11. The average Bonchev–Trinajstić information content (AvgIpc) is 2.58. The zero-order valence-corrected chi connectivity index (χ0v) is 9.45. The van der Waals surface area contributed by atoms with E-state index >= 15 is 0 Å². The molecule has 1 aliphatic rings. The van der Waals surface area contributed by atoms with Gasteiger partial charge in [0, 0.05) is 13.1 Å². The van der Waals surface area contributed by atoms with Crippen molar-refractivity contribution in [2.24, 2.45) is 0 Å². The molecule has 0 atom stereocenters. The lowest BCUT2D eigenvalue weighted by molar-refractivity contribution is 0.726. The minimum absolute atomic E-state index is 0.688. The molecule has 2 N–H and O–H groups in total. The van der Waals surface area contributed by atoms with E-state index in [0.717, 1.165) is 24.5 Å². The molecule has 84 valence electrons. The van der Waals surface area contributed by atoms with Gasteiger partial charge in [0.2, 0.25) is 0 Å². The second kappa shape index (κ2) is 4.89. The Hall–Kier alpha value is -1.69. The molecule has 1 saturated heterocycles. The number of nitrogens with zero attached hydrogens (tertiary/aromatic N) is 2. The zero-order chi connectivity index (χ0) is 11.4. The van der Waals surface area contributed by atoms with Crippen LogP contribution in [0.3, 0.4) is 0 Å². The monoisotopic (exact) mass is 215 g/mol. The van der Waals surface area contributed by atoms with Crippen LogP contribution in [0.15, 0.2) is 18.2 Å². The Balaban J connectivity index is 2.27. The molecule has 0 bridgehead atoms. The van der Waals surface area contributed by atoms with E-state index in [2.05, 4.69) is 11.0 Å². The van der Waals surface area contributed by atoms with Crippen molar-refractivity contribution in [3.05, 3.63) is 23.8 Å². The van der Waals surface area contributed by atoms with Gasteiger partial charge >= 0.3 is 0 Å². The van der Waals surface area contributed by atoms with Gasteiger partial charge in [0.05, 0.1) is 23.0 Å². The number of nitriles is 1. The summed E-state index contributed by atoms with van der Waals surface area (Å²) in [6.07, 6.45) is 5.04. The summed E-state index contributed by atoms with van der Waals surface area (Å²) in [4.78, 5) is 2.31. The molecule has 1 aromatic carbocycles. The highest BCUT2D eigenvalue weighted by atomic mass is 15.1. The first kappa shape index (κ1) is 10.8. The first-order chi connectivity index (χ1) is 7.81. The van der Waals surface area contributed by atoms with E-state index in [1.807, 2.05) is 12.1 Å². The fourth-order valence-corrected chi connectivity index (χ4v) is 2.20. The Labute approximate surface area is 96.5 Å². The van der Waals surface area contributed by atoms with Gasteiger partial charge in [-0.25, -0.2) is 0 Å². The van der Waals surface area contributed by atoms with E-state index < -0.39 is 0 Å². The maximum atomic E-state index is 8.90. The minimum Gasteiger partial charge on any atom is -0.397 e. The highest BCUT2D eigenvalue weighted by molar-refractivity contribution is 5.69. The Bertz CT molecular complexity index is 398. The van der Waals surface area contributed by atoms with Crippen LogP contribution in [-0.2, 0) is 0 Å². The smallest absolute Gasteiger partial charge is 0.0992 e. The third kappa shape index (κ3) is 2.27. The summed E-state index contributed by atoms with van der Waals surface area (Å²) in [5.74, 6) is 0. The molecular weight excluding hydrogens is 198 g/mol. The topological polar surface area (TPSA) is 53.1 Å². The largest absolute Gasteiger partial charge is 0.397 e. The van der Waals surface area contributed by atoms with E-state index in [9.17, 15) is 0 Å². The lowest BCUT2D eigenvalue weighted by Crippen LogP contribution is -2.24. The zero-order valence-electron chi connectivity index (χ0n) is 9.45. The van der Waals surface area contributed by atoms with E-state index in [1.165, 1.54) is 25.7 Å². The van der Waals surface area contributed by atoms with Crippen molar-refractivity contribution < 1.29 is 0 Å². The molecule has 2 rings (SSSR count). The van der Waals surface area contributed by atoms with Gasteiger partial charge in [-0.05, 0) is 31.0 Å². The van der Waals surface area contributed by atoms with E-state index in [1.54, 1.807) is 6.07 Å². The molecule has 0 spiro atoms. The molecule has 0 amide bonds. The van der Waals surface area contributed by atoms with Gasteiger partial charge in [0.1, 0.15) is 0 Å². The number of nitrogen functional groups attached to an aromatic ring is 1. The van der Waals surface area contributed by atoms with Crippen LogP contribution in [-0.4, -0.2) is 13.1 Å². The number of rotatable bonds is 1. The van der Waals surface area contributed by atoms with Crippen LogP contribution >= 0.6 is 0 Å². The van der Waals surface area contributed by atoms with Crippen molar-refractivity contribution in [3.63, 3.8) is 0 Å². The molecule has 3 heteroatoms. The molecule has 3 nitrogen and oxygen atoms in total. The Kier molecular flexibility index (Phi) is 3.31. The van der Waals surface area contributed by atoms with Crippen LogP contribution in [0, 0.1) is 11.3 Å².